The molecule has 2 N–H and O–H groups in total. The van der Waals surface area contributed by atoms with Crippen LogP contribution < -0.4 is 11.3 Å². The molecule has 0 unspecified atom stereocenters. The molecule has 5 rings (SSSR count). The molecule has 1 aliphatic heterocycles. The molecule has 0 saturated carbocycles. The molecular formula is C23H24N4O5S. The summed E-state index contributed by atoms with van der Waals surface area (Å²) in [4.78, 5) is 31.1. The summed E-state index contributed by atoms with van der Waals surface area (Å²) in [5, 5.41) is 0.904. The van der Waals surface area contributed by atoms with Crippen molar-refractivity contribution < 1.29 is 12.8 Å². The summed E-state index contributed by atoms with van der Waals surface area (Å²) < 4.78 is 33.1. The van der Waals surface area contributed by atoms with E-state index in [0.29, 0.717) is 49.3 Å². The third-order valence-corrected chi connectivity index (χ3v) is 8.19. The molecule has 0 aliphatic carbocycles. The summed E-state index contributed by atoms with van der Waals surface area (Å²) in [7, 11) is -3.69. The lowest BCUT2D eigenvalue weighted by atomic mass is 10.0. The van der Waals surface area contributed by atoms with Gasteiger partial charge >= 0.3 is 11.3 Å². The summed E-state index contributed by atoms with van der Waals surface area (Å²) in [6.07, 6.45) is 0. The highest BCUT2D eigenvalue weighted by atomic mass is 32.2. The zero-order valence-corrected chi connectivity index (χ0v) is 19.2. The van der Waals surface area contributed by atoms with Crippen LogP contribution in [0.4, 0.5) is 0 Å². The zero-order chi connectivity index (χ0) is 23.3. The van der Waals surface area contributed by atoms with Crippen LogP contribution in [0.15, 0.2) is 55.3 Å². The number of hydrogen-bond acceptors (Lipinski definition) is 6. The molecule has 33 heavy (non-hydrogen) atoms. The van der Waals surface area contributed by atoms with Crippen molar-refractivity contribution in [3.05, 3.63) is 74.0 Å². The van der Waals surface area contributed by atoms with Crippen molar-refractivity contribution in [1.82, 2.24) is 19.2 Å². The molecule has 1 saturated heterocycles. The van der Waals surface area contributed by atoms with Crippen molar-refractivity contribution in [2.45, 2.75) is 25.3 Å². The molecule has 2 aromatic heterocycles. The smallest absolute Gasteiger partial charge is 0.336 e. The minimum atomic E-state index is -3.69. The molecule has 2 aromatic carbocycles. The summed E-state index contributed by atoms with van der Waals surface area (Å²) >= 11 is 0. The number of sulfonamides is 1. The van der Waals surface area contributed by atoms with Gasteiger partial charge in [0.05, 0.1) is 15.9 Å². The molecule has 172 valence electrons. The van der Waals surface area contributed by atoms with Gasteiger partial charge in [0.25, 0.3) is 0 Å². The van der Waals surface area contributed by atoms with E-state index >= 15 is 0 Å². The predicted molar refractivity (Wildman–Crippen MR) is 125 cm³/mol. The maximum absolute atomic E-state index is 13.1. The van der Waals surface area contributed by atoms with Crippen LogP contribution in [0.5, 0.6) is 0 Å². The second-order valence-corrected chi connectivity index (χ2v) is 10.4. The van der Waals surface area contributed by atoms with Crippen molar-refractivity contribution in [1.29, 1.82) is 0 Å². The number of piperazine rings is 1. The van der Waals surface area contributed by atoms with Crippen LogP contribution in [0.25, 0.3) is 22.0 Å². The monoisotopic (exact) mass is 468 g/mol. The molecule has 4 aromatic rings. The first-order valence-corrected chi connectivity index (χ1v) is 12.1. The van der Waals surface area contributed by atoms with Crippen LogP contribution in [-0.2, 0) is 16.6 Å². The van der Waals surface area contributed by atoms with E-state index < -0.39 is 10.0 Å². The number of hydrogen-bond donors (Lipinski definition) is 2. The number of aromatic nitrogens is 2. The molecule has 0 bridgehead atoms. The van der Waals surface area contributed by atoms with Crippen LogP contribution in [0.1, 0.15) is 16.7 Å². The molecule has 0 radical (unpaired) electrons. The largest absolute Gasteiger partial charge is 0.423 e. The number of fused-ring (bicyclic) bond motifs is 2. The number of H-pyrrole nitrogens is 2. The van der Waals surface area contributed by atoms with Gasteiger partial charge in [-0.15, -0.1) is 0 Å². The van der Waals surface area contributed by atoms with Crippen molar-refractivity contribution in [3.63, 3.8) is 0 Å². The maximum atomic E-state index is 13.1. The molecule has 0 atom stereocenters. The third-order valence-electron chi connectivity index (χ3n) is 6.29. The van der Waals surface area contributed by atoms with Crippen LogP contribution in [0.2, 0.25) is 0 Å². The van der Waals surface area contributed by atoms with E-state index in [4.69, 9.17) is 4.42 Å². The standard InChI is InChI=1S/C23H24N4O5S/c1-14-9-18-16(11-22(28)32-21(18)10-15(14)2)13-26-5-7-27(8-6-26)33(30,31)17-3-4-19-20(12-17)25-23(29)24-19/h3-4,9-12H,5-8,13H2,1-2H3,(H2,24,25,29). The van der Waals surface area contributed by atoms with Crippen LogP contribution in [0.3, 0.4) is 0 Å². The van der Waals surface area contributed by atoms with Crippen LogP contribution in [-0.4, -0.2) is 53.8 Å². The van der Waals surface area contributed by atoms with Gasteiger partial charge in [-0.05, 0) is 60.9 Å². The van der Waals surface area contributed by atoms with E-state index in [0.717, 1.165) is 22.1 Å². The summed E-state index contributed by atoms with van der Waals surface area (Å²) in [5.41, 5.74) is 3.88. The molecule has 9 nitrogen and oxygen atoms in total. The lowest BCUT2D eigenvalue weighted by Crippen LogP contribution is -2.48. The number of rotatable bonds is 4. The Hall–Kier alpha value is -3.21. The van der Waals surface area contributed by atoms with Gasteiger partial charge in [-0.3, -0.25) is 4.90 Å². The lowest BCUT2D eigenvalue weighted by Gasteiger charge is -2.34. The zero-order valence-electron chi connectivity index (χ0n) is 18.3. The second kappa shape index (κ2) is 7.98. The third kappa shape index (κ3) is 4.01. The highest BCUT2D eigenvalue weighted by molar-refractivity contribution is 7.89. The summed E-state index contributed by atoms with van der Waals surface area (Å²) in [6.45, 7) is 6.28. The minimum absolute atomic E-state index is 0.149. The van der Waals surface area contributed by atoms with Crippen molar-refractivity contribution >= 4 is 32.0 Å². The molecule has 1 fully saturated rings. The number of aromatic amines is 2. The Bertz CT molecular complexity index is 1590. The van der Waals surface area contributed by atoms with Gasteiger partial charge in [-0.1, -0.05) is 0 Å². The van der Waals surface area contributed by atoms with Crippen LogP contribution in [0, 0.1) is 13.8 Å². The van der Waals surface area contributed by atoms with Gasteiger partial charge in [0, 0.05) is 44.2 Å². The van der Waals surface area contributed by atoms with E-state index in [2.05, 4.69) is 14.9 Å². The Morgan fingerprint density at radius 1 is 0.909 bits per heavy atom. The van der Waals surface area contributed by atoms with Gasteiger partial charge in [0.15, 0.2) is 0 Å². The first kappa shape index (κ1) is 21.6. The first-order chi connectivity index (χ1) is 15.7. The Balaban J connectivity index is 1.34. The van der Waals surface area contributed by atoms with Gasteiger partial charge in [0.2, 0.25) is 10.0 Å². The second-order valence-electron chi connectivity index (χ2n) is 8.49. The average Bonchev–Trinajstić information content (AvgIpc) is 3.14. The highest BCUT2D eigenvalue weighted by Gasteiger charge is 2.29. The van der Waals surface area contributed by atoms with E-state index in [1.165, 1.54) is 22.5 Å². The van der Waals surface area contributed by atoms with E-state index in [1.807, 2.05) is 26.0 Å². The lowest BCUT2D eigenvalue weighted by molar-refractivity contribution is 0.182. The fraction of sp³-hybridized carbons (Fsp3) is 0.304. The van der Waals surface area contributed by atoms with E-state index in [9.17, 15) is 18.0 Å². The van der Waals surface area contributed by atoms with Gasteiger partial charge in [-0.25, -0.2) is 18.0 Å². The molecular weight excluding hydrogens is 444 g/mol. The van der Waals surface area contributed by atoms with Crippen molar-refractivity contribution in [2.75, 3.05) is 26.2 Å². The van der Waals surface area contributed by atoms with Crippen LogP contribution >= 0.6 is 0 Å². The maximum Gasteiger partial charge on any atom is 0.336 e. The predicted octanol–water partition coefficient (Wildman–Crippen LogP) is 2.09. The van der Waals surface area contributed by atoms with E-state index in [1.54, 1.807) is 6.07 Å². The topological polar surface area (TPSA) is 119 Å². The molecule has 0 amide bonds. The molecule has 1 aliphatic rings. The molecule has 3 heterocycles. The van der Waals surface area contributed by atoms with Gasteiger partial charge in [-0.2, -0.15) is 4.31 Å². The Kier molecular flexibility index (Phi) is 5.23. The van der Waals surface area contributed by atoms with Gasteiger partial charge in [0.1, 0.15) is 5.58 Å². The fourth-order valence-electron chi connectivity index (χ4n) is 4.30. The number of imidazole rings is 1. The van der Waals surface area contributed by atoms with Crippen molar-refractivity contribution in [2.24, 2.45) is 0 Å². The summed E-state index contributed by atoms with van der Waals surface area (Å²) in [5.74, 6) is 0. The number of nitrogens with zero attached hydrogens (tertiary/aromatic N) is 2. The Morgan fingerprint density at radius 3 is 2.36 bits per heavy atom. The quantitative estimate of drug-likeness (QED) is 0.443. The number of aryl methyl sites for hydroxylation is 2. The SMILES string of the molecule is Cc1cc2oc(=O)cc(CN3CCN(S(=O)(=O)c4ccc5[nH]c(=O)[nH]c5c4)CC3)c2cc1C. The first-order valence-electron chi connectivity index (χ1n) is 10.7. The van der Waals surface area contributed by atoms with Gasteiger partial charge < -0.3 is 14.4 Å². The normalized spacial score (nSPS) is 16.1. The Morgan fingerprint density at radius 2 is 1.61 bits per heavy atom. The molecule has 0 spiro atoms. The number of benzene rings is 2. The van der Waals surface area contributed by atoms with Crippen molar-refractivity contribution in [3.8, 4) is 0 Å². The fourth-order valence-corrected chi connectivity index (χ4v) is 5.75. The minimum Gasteiger partial charge on any atom is -0.423 e. The summed E-state index contributed by atoms with van der Waals surface area (Å²) in [6, 6.07) is 10.0. The number of nitrogens with one attached hydrogen (secondary N) is 2. The average molecular weight is 469 g/mol. The highest BCUT2D eigenvalue weighted by Crippen LogP contribution is 2.24. The Labute approximate surface area is 189 Å². The van der Waals surface area contributed by atoms with E-state index in [-0.39, 0.29) is 16.2 Å². The molecule has 10 heteroatoms.